The maximum Gasteiger partial charge on any atom is 0.110 e. The predicted octanol–water partition coefficient (Wildman–Crippen LogP) is 2.29. The summed E-state index contributed by atoms with van der Waals surface area (Å²) in [5.74, 6) is 0. The van der Waals surface area contributed by atoms with E-state index in [-0.39, 0.29) is 0 Å². The fourth-order valence-electron chi connectivity index (χ4n) is 2.59. The van der Waals surface area contributed by atoms with Gasteiger partial charge in [-0.1, -0.05) is 0 Å². The number of rotatable bonds is 1. The molecule has 2 aliphatic heterocycles. The fraction of sp³-hybridized carbons (Fsp3) is 1.00. The molecule has 2 saturated heterocycles. The van der Waals surface area contributed by atoms with Crippen LogP contribution in [-0.2, 0) is 0 Å². The van der Waals surface area contributed by atoms with Crippen LogP contribution >= 0.6 is 0 Å². The second-order valence-corrected chi connectivity index (χ2v) is 6.68. The lowest BCUT2D eigenvalue weighted by Crippen LogP contribution is -2.65. The van der Waals surface area contributed by atoms with Gasteiger partial charge in [0.1, 0.15) is 5.67 Å². The minimum Gasteiger partial charge on any atom is -0.298 e. The van der Waals surface area contributed by atoms with E-state index in [0.29, 0.717) is 24.4 Å². The van der Waals surface area contributed by atoms with E-state index in [9.17, 15) is 4.39 Å². The Morgan fingerprint density at radius 2 is 1.62 bits per heavy atom. The number of hydrogen-bond donors (Lipinski definition) is 0. The van der Waals surface area contributed by atoms with Gasteiger partial charge >= 0.3 is 0 Å². The lowest BCUT2D eigenvalue weighted by atomic mass is 9.91. The quantitative estimate of drug-likeness (QED) is 0.679. The summed E-state index contributed by atoms with van der Waals surface area (Å²) < 4.78 is 13.7. The molecule has 0 bridgehead atoms. The van der Waals surface area contributed by atoms with Crippen molar-refractivity contribution in [2.75, 3.05) is 26.2 Å². The number of halogens is 1. The summed E-state index contributed by atoms with van der Waals surface area (Å²) in [6.07, 6.45) is 1.41. The first-order valence-corrected chi connectivity index (χ1v) is 6.46. The highest BCUT2D eigenvalue weighted by molar-refractivity contribution is 4.96. The van der Waals surface area contributed by atoms with Crippen LogP contribution in [0.3, 0.4) is 0 Å². The molecular weight excluding hydrogens is 203 g/mol. The van der Waals surface area contributed by atoms with Crippen LogP contribution in [0.5, 0.6) is 0 Å². The molecule has 0 aliphatic carbocycles. The summed E-state index contributed by atoms with van der Waals surface area (Å²) in [5.41, 5.74) is -0.620. The van der Waals surface area contributed by atoms with Crippen molar-refractivity contribution in [3.05, 3.63) is 0 Å². The Bertz CT molecular complexity index is 241. The van der Waals surface area contributed by atoms with E-state index in [1.165, 1.54) is 0 Å². The Balaban J connectivity index is 1.77. The van der Waals surface area contributed by atoms with E-state index >= 15 is 0 Å². The van der Waals surface area contributed by atoms with Crippen LogP contribution in [0.2, 0.25) is 0 Å². The van der Waals surface area contributed by atoms with Crippen LogP contribution in [0.25, 0.3) is 0 Å². The molecule has 2 aliphatic rings. The molecule has 0 aromatic heterocycles. The van der Waals surface area contributed by atoms with Gasteiger partial charge in [-0.05, 0) is 40.5 Å². The van der Waals surface area contributed by atoms with Crippen molar-refractivity contribution in [2.45, 2.75) is 57.8 Å². The molecule has 16 heavy (non-hydrogen) atoms. The number of alkyl halides is 1. The van der Waals surface area contributed by atoms with Crippen LogP contribution in [-0.4, -0.2) is 53.2 Å². The summed E-state index contributed by atoms with van der Waals surface area (Å²) in [6.45, 7) is 12.7. The molecule has 3 heteroatoms. The smallest absolute Gasteiger partial charge is 0.110 e. The molecule has 0 aromatic rings. The third kappa shape index (κ3) is 2.57. The Morgan fingerprint density at radius 3 is 2.06 bits per heavy atom. The van der Waals surface area contributed by atoms with E-state index < -0.39 is 5.67 Å². The molecule has 0 atom stereocenters. The Labute approximate surface area is 98.8 Å². The molecule has 2 fully saturated rings. The molecule has 0 N–H and O–H groups in total. The van der Waals surface area contributed by atoms with Gasteiger partial charge in [0.05, 0.1) is 0 Å². The molecule has 0 unspecified atom stereocenters. The standard InChI is InChI=1S/C13H25FN2/c1-12(2,3)16-9-11(10-16)15-7-5-13(4,14)6-8-15/h11H,5-10H2,1-4H3. The fourth-order valence-corrected chi connectivity index (χ4v) is 2.59. The third-order valence-corrected chi connectivity index (χ3v) is 4.17. The van der Waals surface area contributed by atoms with Crippen molar-refractivity contribution in [1.29, 1.82) is 0 Å². The van der Waals surface area contributed by atoms with Gasteiger partial charge in [-0.15, -0.1) is 0 Å². The largest absolute Gasteiger partial charge is 0.298 e. The highest BCUT2D eigenvalue weighted by atomic mass is 19.1. The molecule has 0 saturated carbocycles. The van der Waals surface area contributed by atoms with Crippen LogP contribution in [0, 0.1) is 0 Å². The Morgan fingerprint density at radius 1 is 1.12 bits per heavy atom. The van der Waals surface area contributed by atoms with Gasteiger partial charge in [-0.3, -0.25) is 9.80 Å². The minimum atomic E-state index is -0.913. The predicted molar refractivity (Wildman–Crippen MR) is 65.4 cm³/mol. The Kier molecular flexibility index (Phi) is 3.04. The van der Waals surface area contributed by atoms with E-state index in [1.54, 1.807) is 6.92 Å². The van der Waals surface area contributed by atoms with Crippen molar-refractivity contribution in [1.82, 2.24) is 9.80 Å². The van der Waals surface area contributed by atoms with Gasteiger partial charge in [-0.2, -0.15) is 0 Å². The van der Waals surface area contributed by atoms with Gasteiger partial charge in [0.2, 0.25) is 0 Å². The maximum atomic E-state index is 13.7. The number of hydrogen-bond acceptors (Lipinski definition) is 2. The van der Waals surface area contributed by atoms with Crippen molar-refractivity contribution in [3.63, 3.8) is 0 Å². The van der Waals surface area contributed by atoms with Crippen LogP contribution < -0.4 is 0 Å². The number of likely N-dealkylation sites (tertiary alicyclic amines) is 2. The minimum absolute atomic E-state index is 0.293. The second kappa shape index (κ2) is 3.95. The van der Waals surface area contributed by atoms with E-state index in [0.717, 1.165) is 26.2 Å². The van der Waals surface area contributed by atoms with Crippen molar-refractivity contribution in [3.8, 4) is 0 Å². The van der Waals surface area contributed by atoms with E-state index in [4.69, 9.17) is 0 Å². The van der Waals surface area contributed by atoms with Gasteiger partial charge in [0.15, 0.2) is 0 Å². The lowest BCUT2D eigenvalue weighted by molar-refractivity contribution is -0.0461. The summed E-state index contributed by atoms with van der Waals surface area (Å²) in [6, 6.07) is 0.676. The molecule has 94 valence electrons. The molecule has 2 rings (SSSR count). The molecule has 2 heterocycles. The average molecular weight is 228 g/mol. The number of piperidine rings is 1. The van der Waals surface area contributed by atoms with Crippen LogP contribution in [0.4, 0.5) is 4.39 Å². The first kappa shape index (κ1) is 12.3. The molecule has 0 amide bonds. The zero-order valence-electron chi connectivity index (χ0n) is 11.1. The van der Waals surface area contributed by atoms with Gasteiger partial charge < -0.3 is 0 Å². The summed E-state index contributed by atoms with van der Waals surface area (Å²) in [7, 11) is 0. The van der Waals surface area contributed by atoms with Crippen LogP contribution in [0.1, 0.15) is 40.5 Å². The zero-order valence-corrected chi connectivity index (χ0v) is 11.1. The molecule has 0 spiro atoms. The zero-order chi connectivity index (χ0) is 12.0. The molecule has 0 aromatic carbocycles. The van der Waals surface area contributed by atoms with E-state index in [2.05, 4.69) is 30.6 Å². The monoisotopic (exact) mass is 228 g/mol. The van der Waals surface area contributed by atoms with Gasteiger partial charge in [0.25, 0.3) is 0 Å². The average Bonchev–Trinajstić information content (AvgIpc) is 2.02. The molecular formula is C13H25FN2. The summed E-state index contributed by atoms with van der Waals surface area (Å²) >= 11 is 0. The van der Waals surface area contributed by atoms with Gasteiger partial charge in [0, 0.05) is 37.8 Å². The first-order valence-electron chi connectivity index (χ1n) is 6.46. The highest BCUT2D eigenvalue weighted by Gasteiger charge is 2.40. The first-order chi connectivity index (χ1) is 7.28. The second-order valence-electron chi connectivity index (χ2n) is 6.68. The topological polar surface area (TPSA) is 6.48 Å². The third-order valence-electron chi connectivity index (χ3n) is 4.17. The van der Waals surface area contributed by atoms with Crippen molar-refractivity contribution in [2.24, 2.45) is 0 Å². The number of nitrogens with zero attached hydrogens (tertiary/aromatic N) is 2. The normalized spacial score (nSPS) is 29.1. The molecule has 2 nitrogen and oxygen atoms in total. The van der Waals surface area contributed by atoms with Gasteiger partial charge in [-0.25, -0.2) is 4.39 Å². The summed E-state index contributed by atoms with van der Waals surface area (Å²) in [5, 5.41) is 0. The SMILES string of the molecule is CC1(F)CCN(C2CN(C(C)(C)C)C2)CC1. The maximum absolute atomic E-state index is 13.7. The molecule has 0 radical (unpaired) electrons. The van der Waals surface area contributed by atoms with Crippen LogP contribution in [0.15, 0.2) is 0 Å². The van der Waals surface area contributed by atoms with E-state index in [1.807, 2.05) is 0 Å². The Hall–Kier alpha value is -0.150. The van der Waals surface area contributed by atoms with Crippen molar-refractivity contribution < 1.29 is 4.39 Å². The van der Waals surface area contributed by atoms with Crippen molar-refractivity contribution >= 4 is 0 Å². The highest BCUT2D eigenvalue weighted by Crippen LogP contribution is 2.30. The lowest BCUT2D eigenvalue weighted by Gasteiger charge is -2.53. The summed E-state index contributed by atoms with van der Waals surface area (Å²) in [4.78, 5) is 4.98.